The van der Waals surface area contributed by atoms with Crippen LogP contribution in [0, 0.1) is 29.9 Å². The Morgan fingerprint density at radius 2 is 1.50 bits per heavy atom. The van der Waals surface area contributed by atoms with Crippen LogP contribution in [0.2, 0.25) is 0 Å². The van der Waals surface area contributed by atoms with Gasteiger partial charge in [-0.1, -0.05) is 71.8 Å². The third-order valence-electron chi connectivity index (χ3n) is 9.23. The highest BCUT2D eigenvalue weighted by molar-refractivity contribution is 6.07. The van der Waals surface area contributed by atoms with Gasteiger partial charge in [0, 0.05) is 62.2 Å². The lowest BCUT2D eigenvalue weighted by molar-refractivity contribution is -0.384. The largest absolute Gasteiger partial charge is 0.465 e. The van der Waals surface area contributed by atoms with Crippen molar-refractivity contribution in [3.63, 3.8) is 0 Å². The van der Waals surface area contributed by atoms with E-state index in [1.807, 2.05) is 0 Å². The first kappa shape index (κ1) is 34.7. The summed E-state index contributed by atoms with van der Waals surface area (Å²) in [5.74, 6) is -2.88. The SMILES string of the molecule is CCOC(=O)C1C(C)=NC(C)=C(C(=O)OCCN2CCN(C(c3ccc(C)cc3)c3ccc(C)cc3)CC2)C1c1cccc([N+](=O)[O-])c1. The monoisotopic (exact) mass is 652 g/mol. The smallest absolute Gasteiger partial charge is 0.336 e. The molecule has 2 aliphatic heterocycles. The van der Waals surface area contributed by atoms with Gasteiger partial charge in [0.25, 0.3) is 5.69 Å². The number of rotatable bonds is 11. The highest BCUT2D eigenvalue weighted by Gasteiger charge is 2.43. The first-order chi connectivity index (χ1) is 23.1. The van der Waals surface area contributed by atoms with E-state index >= 15 is 0 Å². The van der Waals surface area contributed by atoms with E-state index in [0.717, 1.165) is 26.2 Å². The lowest BCUT2D eigenvalue weighted by Gasteiger charge is -2.39. The Kier molecular flexibility index (Phi) is 11.2. The fraction of sp³-hybridized carbons (Fsp3) is 0.395. The third kappa shape index (κ3) is 7.89. The fourth-order valence-electron chi connectivity index (χ4n) is 6.73. The highest BCUT2D eigenvalue weighted by atomic mass is 16.6. The number of non-ortho nitro benzene ring substituents is 1. The molecule has 2 unspecified atom stereocenters. The molecule has 1 fully saturated rings. The summed E-state index contributed by atoms with van der Waals surface area (Å²) >= 11 is 0. The molecule has 0 spiro atoms. The number of hydrogen-bond acceptors (Lipinski definition) is 9. The summed E-state index contributed by atoms with van der Waals surface area (Å²) in [6.07, 6.45) is 0. The van der Waals surface area contributed by atoms with Gasteiger partial charge >= 0.3 is 11.9 Å². The molecule has 5 rings (SSSR count). The summed E-state index contributed by atoms with van der Waals surface area (Å²) in [5.41, 5.74) is 6.42. The molecule has 2 atom stereocenters. The second-order valence-electron chi connectivity index (χ2n) is 12.5. The minimum absolute atomic E-state index is 0.133. The second kappa shape index (κ2) is 15.5. The molecule has 0 aromatic heterocycles. The number of carbonyl (C=O) groups excluding carboxylic acids is 2. The van der Waals surface area contributed by atoms with Crippen molar-refractivity contribution in [3.05, 3.63) is 122 Å². The number of aryl methyl sites for hydroxylation is 2. The van der Waals surface area contributed by atoms with Crippen LogP contribution >= 0.6 is 0 Å². The van der Waals surface area contributed by atoms with Gasteiger partial charge in [0.15, 0.2) is 0 Å². The summed E-state index contributed by atoms with van der Waals surface area (Å²) in [6.45, 7) is 13.5. The summed E-state index contributed by atoms with van der Waals surface area (Å²) in [4.78, 5) is 47.3. The number of nitro benzene ring substituents is 1. The maximum atomic E-state index is 13.7. The van der Waals surface area contributed by atoms with Crippen molar-refractivity contribution < 1.29 is 24.0 Å². The van der Waals surface area contributed by atoms with Crippen LogP contribution in [0.4, 0.5) is 5.69 Å². The number of ether oxygens (including phenoxy) is 2. The van der Waals surface area contributed by atoms with Crippen LogP contribution in [-0.4, -0.2) is 78.3 Å². The molecule has 0 N–H and O–H groups in total. The molecule has 3 aromatic rings. The van der Waals surface area contributed by atoms with Gasteiger partial charge in [0.05, 0.1) is 23.1 Å². The first-order valence-electron chi connectivity index (χ1n) is 16.5. The Labute approximate surface area is 282 Å². The lowest BCUT2D eigenvalue weighted by Crippen LogP contribution is -2.48. The van der Waals surface area contributed by atoms with E-state index < -0.39 is 28.7 Å². The van der Waals surface area contributed by atoms with Crippen LogP contribution in [0.15, 0.2) is 89.1 Å². The molecule has 0 aliphatic carbocycles. The molecule has 3 aromatic carbocycles. The van der Waals surface area contributed by atoms with Gasteiger partial charge in [-0.15, -0.1) is 0 Å². The quantitative estimate of drug-likeness (QED) is 0.137. The maximum Gasteiger partial charge on any atom is 0.336 e. The van der Waals surface area contributed by atoms with E-state index in [4.69, 9.17) is 9.47 Å². The Morgan fingerprint density at radius 3 is 2.06 bits per heavy atom. The molecule has 2 heterocycles. The summed E-state index contributed by atoms with van der Waals surface area (Å²) in [5, 5.41) is 11.6. The zero-order valence-corrected chi connectivity index (χ0v) is 28.3. The molecule has 0 saturated carbocycles. The van der Waals surface area contributed by atoms with Crippen molar-refractivity contribution >= 4 is 23.3 Å². The topological polar surface area (TPSA) is 115 Å². The zero-order chi connectivity index (χ0) is 34.4. The maximum absolute atomic E-state index is 13.7. The molecule has 0 amide bonds. The molecule has 2 aliphatic rings. The van der Waals surface area contributed by atoms with Gasteiger partial charge < -0.3 is 9.47 Å². The zero-order valence-electron chi connectivity index (χ0n) is 28.3. The molecule has 48 heavy (non-hydrogen) atoms. The van der Waals surface area contributed by atoms with Gasteiger partial charge in [-0.3, -0.25) is 29.7 Å². The summed E-state index contributed by atoms with van der Waals surface area (Å²) in [7, 11) is 0. The van der Waals surface area contributed by atoms with Crippen LogP contribution in [-0.2, 0) is 19.1 Å². The van der Waals surface area contributed by atoms with E-state index in [1.165, 1.54) is 34.4 Å². The van der Waals surface area contributed by atoms with Gasteiger partial charge in [-0.05, 0) is 51.3 Å². The lowest BCUT2D eigenvalue weighted by atomic mass is 9.75. The normalized spacial score (nSPS) is 18.8. The van der Waals surface area contributed by atoms with E-state index in [-0.39, 0.29) is 30.5 Å². The van der Waals surface area contributed by atoms with Gasteiger partial charge in [0.2, 0.25) is 0 Å². The van der Waals surface area contributed by atoms with Crippen LogP contribution in [0.25, 0.3) is 0 Å². The Hall–Kier alpha value is -4.67. The average Bonchev–Trinajstić information content (AvgIpc) is 3.07. The highest BCUT2D eigenvalue weighted by Crippen LogP contribution is 2.41. The molecule has 0 radical (unpaired) electrons. The molecule has 1 saturated heterocycles. The minimum Gasteiger partial charge on any atom is -0.465 e. The van der Waals surface area contributed by atoms with Crippen molar-refractivity contribution in [2.24, 2.45) is 10.9 Å². The van der Waals surface area contributed by atoms with E-state index in [9.17, 15) is 19.7 Å². The van der Waals surface area contributed by atoms with Crippen molar-refractivity contribution in [1.82, 2.24) is 9.80 Å². The number of allylic oxidation sites excluding steroid dienone is 1. The molecule has 252 valence electrons. The minimum atomic E-state index is -0.915. The number of hydrogen-bond donors (Lipinski definition) is 0. The average molecular weight is 653 g/mol. The number of aliphatic imine (C=N–C) groups is 1. The number of esters is 2. The summed E-state index contributed by atoms with van der Waals surface area (Å²) < 4.78 is 11.2. The van der Waals surface area contributed by atoms with Gasteiger partial charge in [-0.25, -0.2) is 4.79 Å². The molecular weight excluding hydrogens is 608 g/mol. The molecule has 0 bridgehead atoms. The van der Waals surface area contributed by atoms with Crippen LogP contribution in [0.5, 0.6) is 0 Å². The van der Waals surface area contributed by atoms with Gasteiger partial charge in [0.1, 0.15) is 12.5 Å². The van der Waals surface area contributed by atoms with E-state index in [0.29, 0.717) is 23.5 Å². The van der Waals surface area contributed by atoms with Crippen LogP contribution in [0.1, 0.15) is 60.5 Å². The Morgan fingerprint density at radius 1 is 0.896 bits per heavy atom. The van der Waals surface area contributed by atoms with Crippen LogP contribution in [0.3, 0.4) is 0 Å². The molecule has 10 heteroatoms. The number of nitrogens with zero attached hydrogens (tertiary/aromatic N) is 4. The van der Waals surface area contributed by atoms with Crippen molar-refractivity contribution in [2.45, 2.75) is 46.6 Å². The molecular formula is C38H44N4O6. The van der Waals surface area contributed by atoms with Crippen molar-refractivity contribution in [1.29, 1.82) is 0 Å². The predicted octanol–water partition coefficient (Wildman–Crippen LogP) is 6.17. The van der Waals surface area contributed by atoms with Crippen molar-refractivity contribution in [3.8, 4) is 0 Å². The Bertz CT molecular complexity index is 1650. The fourth-order valence-corrected chi connectivity index (χ4v) is 6.73. The molecule has 10 nitrogen and oxygen atoms in total. The van der Waals surface area contributed by atoms with Crippen molar-refractivity contribution in [2.75, 3.05) is 45.9 Å². The second-order valence-corrected chi connectivity index (χ2v) is 12.5. The number of piperazine rings is 1. The predicted molar refractivity (Wildman–Crippen MR) is 185 cm³/mol. The number of benzene rings is 3. The van der Waals surface area contributed by atoms with E-state index in [2.05, 4.69) is 77.2 Å². The third-order valence-corrected chi connectivity index (χ3v) is 9.23. The Balaban J connectivity index is 1.27. The standard InChI is InChI=1S/C38H44N4O6/c1-6-47-37(43)33-27(4)39-28(5)34(35(33)31-8-7-9-32(24-31)42(45)46)38(44)48-23-22-40-18-20-41(21-19-40)36(29-14-10-25(2)11-15-29)30-16-12-26(3)13-17-30/h7-17,24,33,35-36H,6,18-23H2,1-5H3. The van der Waals surface area contributed by atoms with E-state index in [1.54, 1.807) is 32.9 Å². The van der Waals surface area contributed by atoms with Gasteiger partial charge in [-0.2, -0.15) is 0 Å². The number of nitro groups is 1. The summed E-state index contributed by atoms with van der Waals surface area (Å²) in [6, 6.07) is 23.7. The first-order valence-corrected chi connectivity index (χ1v) is 16.5. The number of carbonyl (C=O) groups is 2. The van der Waals surface area contributed by atoms with Crippen LogP contribution < -0.4 is 0 Å².